The summed E-state index contributed by atoms with van der Waals surface area (Å²) in [6, 6.07) is 48.8. The van der Waals surface area contributed by atoms with Crippen molar-refractivity contribution in [3.05, 3.63) is 179 Å². The van der Waals surface area contributed by atoms with E-state index in [1.54, 1.807) is 0 Å². The average molecular weight is 1570 g/mol. The molecule has 5 aromatic rings. The molecule has 21 nitrogen and oxygen atoms in total. The van der Waals surface area contributed by atoms with Gasteiger partial charge < -0.3 is 88.6 Å². The summed E-state index contributed by atoms with van der Waals surface area (Å²) >= 11 is 0. The number of carbonyl (C=O) groups is 2. The first-order valence-corrected chi connectivity index (χ1v) is 48.4. The molecule has 6 fully saturated rings. The second kappa shape index (κ2) is 35.6. The van der Waals surface area contributed by atoms with Crippen molar-refractivity contribution >= 4 is 45.7 Å². The second-order valence-electron chi connectivity index (χ2n) is 34.4. The number of esters is 1. The lowest BCUT2D eigenvalue weighted by atomic mass is 9.88. The van der Waals surface area contributed by atoms with Crippen LogP contribution < -0.4 is 0 Å². The average Bonchev–Trinajstić information content (AvgIpc) is 1.43. The molecule has 16 atom stereocenters. The highest BCUT2D eigenvalue weighted by Crippen LogP contribution is 2.61. The van der Waals surface area contributed by atoms with Crippen molar-refractivity contribution < 1.29 is 93.7 Å². The lowest BCUT2D eigenvalue weighted by Crippen LogP contribution is -2.81. The summed E-state index contributed by atoms with van der Waals surface area (Å²) in [5, 5.41) is 12.3. The number of aliphatic hydroxyl groups excluding tert-OH is 1. The zero-order valence-electron chi connectivity index (χ0n) is 66.8. The van der Waals surface area contributed by atoms with E-state index in [0.717, 1.165) is 33.9 Å². The van der Waals surface area contributed by atoms with E-state index in [1.807, 2.05) is 156 Å². The number of hydrogen-bond donors (Lipinski definition) is 1. The minimum Gasteiger partial charge on any atom is -0.465 e. The van der Waals surface area contributed by atoms with E-state index in [4.69, 9.17) is 79.0 Å². The third-order valence-corrected chi connectivity index (χ3v) is 39.9. The smallest absolute Gasteiger partial charge is 0.404 e. The standard InChI is InChI=1S/C83H121NO20Si4/c1-55(2)106(56(3)4)95-54-67(102-107(104-106,57(5)6)58(7)8)71-72-68-64(98-80(87)84(68)108(103-71,81(9,10)11)82(12,13)14)46-83(100-72,79(86)88-15)101-73-69(85)65(52-89-47-59-34-24-19-25-35-59)96-78(75(73)93-50-62-40-30-22-31-41-62)99-70-66(53-90-48-60-36-26-20-27-37-60)97-77(91-44-45-105(16,17)18)76(94-51-63-42-32-23-33-43-63)74(70)92-49-61-38-28-21-29-39-61/h19-43,55-58,64-78,85H,44-54H2,1-18H3/t64-,65+,66+,67+,68+,69-,70+,71+,72+,73-,74-,75+,76+,77+,78-,83-/m0/s1. The van der Waals surface area contributed by atoms with Crippen molar-refractivity contribution in [2.75, 3.05) is 33.5 Å². The van der Waals surface area contributed by atoms with E-state index < -0.39 is 160 Å². The summed E-state index contributed by atoms with van der Waals surface area (Å²) in [6.45, 7) is 37.7. The number of amides is 1. The predicted octanol–water partition coefficient (Wildman–Crippen LogP) is 15.4. The van der Waals surface area contributed by atoms with Gasteiger partial charge in [0.25, 0.3) is 5.79 Å². The van der Waals surface area contributed by atoms with E-state index in [0.29, 0.717) is 6.61 Å². The summed E-state index contributed by atoms with van der Waals surface area (Å²) in [6.07, 6.45) is -17.9. The van der Waals surface area contributed by atoms with Crippen LogP contribution in [0.1, 0.15) is 131 Å². The van der Waals surface area contributed by atoms with Crippen molar-refractivity contribution in [2.45, 2.75) is 292 Å². The maximum Gasteiger partial charge on any atom is 0.404 e. The summed E-state index contributed by atoms with van der Waals surface area (Å²) in [5.74, 6) is -3.49. The molecule has 6 heterocycles. The third-order valence-electron chi connectivity index (χ3n) is 22.1. The fourth-order valence-corrected chi connectivity index (χ4v) is 35.0. The Kier molecular flexibility index (Phi) is 27.7. The Labute approximate surface area is 645 Å². The van der Waals surface area contributed by atoms with Gasteiger partial charge in [-0.1, -0.05) is 268 Å². The molecular formula is C83H121NO20Si4. The van der Waals surface area contributed by atoms with Gasteiger partial charge in [0, 0.05) is 24.8 Å². The highest BCUT2D eigenvalue weighted by Gasteiger charge is 2.77. The number of hydrogen-bond acceptors (Lipinski definition) is 20. The molecule has 0 bridgehead atoms. The Bertz CT molecular complexity index is 3600. The van der Waals surface area contributed by atoms with Crippen LogP contribution in [0, 0.1) is 0 Å². The van der Waals surface area contributed by atoms with E-state index in [1.165, 1.54) is 7.11 Å². The van der Waals surface area contributed by atoms with Crippen LogP contribution in [0.5, 0.6) is 0 Å². The van der Waals surface area contributed by atoms with E-state index in [2.05, 4.69) is 117 Å². The summed E-state index contributed by atoms with van der Waals surface area (Å²) in [5.41, 5.74) is 4.25. The molecule has 0 saturated carbocycles. The minimum atomic E-state index is -3.74. The number of nitrogens with zero attached hydrogens (tertiary/aromatic N) is 1. The van der Waals surface area contributed by atoms with Gasteiger partial charge >= 0.3 is 37.7 Å². The first-order chi connectivity index (χ1) is 51.3. The fourth-order valence-electron chi connectivity index (χ4n) is 16.9. The Balaban J connectivity index is 1.07. The topological polar surface area (TPSA) is 215 Å². The van der Waals surface area contributed by atoms with Crippen molar-refractivity contribution in [3.63, 3.8) is 0 Å². The Morgan fingerprint density at radius 3 is 1.45 bits per heavy atom. The maximum absolute atomic E-state index is 15.9. The molecule has 0 spiro atoms. The molecule has 6 saturated heterocycles. The van der Waals surface area contributed by atoms with Gasteiger partial charge in [-0.25, -0.2) is 9.59 Å². The van der Waals surface area contributed by atoms with Crippen LogP contribution in [-0.4, -0.2) is 187 Å². The van der Waals surface area contributed by atoms with E-state index in [-0.39, 0.29) is 75.0 Å². The molecule has 0 aromatic heterocycles. The highest BCUT2D eigenvalue weighted by atomic mass is 28.5. The number of methoxy groups -OCH3 is 1. The second-order valence-corrected chi connectivity index (χ2v) is 53.9. The quantitative estimate of drug-likeness (QED) is 0.0322. The first-order valence-electron chi connectivity index (χ1n) is 38.9. The van der Waals surface area contributed by atoms with Crippen LogP contribution in [0.25, 0.3) is 0 Å². The lowest BCUT2D eigenvalue weighted by Gasteiger charge is -2.63. The largest absolute Gasteiger partial charge is 0.465 e. The van der Waals surface area contributed by atoms with Crippen LogP contribution in [0.4, 0.5) is 4.79 Å². The molecule has 594 valence electrons. The van der Waals surface area contributed by atoms with Gasteiger partial charge in [-0.15, -0.1) is 0 Å². The predicted molar refractivity (Wildman–Crippen MR) is 418 cm³/mol. The molecule has 108 heavy (non-hydrogen) atoms. The molecular weight excluding hydrogens is 1440 g/mol. The van der Waals surface area contributed by atoms with Crippen molar-refractivity contribution in [1.29, 1.82) is 0 Å². The van der Waals surface area contributed by atoms with Crippen molar-refractivity contribution in [2.24, 2.45) is 0 Å². The fraction of sp³-hybridized carbons (Fsp3) is 0.614. The molecule has 1 amide bonds. The van der Waals surface area contributed by atoms with Crippen molar-refractivity contribution in [3.8, 4) is 0 Å². The maximum atomic E-state index is 15.9. The number of carbonyl (C=O) groups excluding carboxylic acids is 2. The monoisotopic (exact) mass is 1560 g/mol. The molecule has 25 heteroatoms. The van der Waals surface area contributed by atoms with Crippen LogP contribution in [0.3, 0.4) is 0 Å². The van der Waals surface area contributed by atoms with Crippen LogP contribution >= 0.6 is 0 Å². The van der Waals surface area contributed by atoms with Crippen LogP contribution in [0.15, 0.2) is 152 Å². The Morgan fingerprint density at radius 1 is 0.556 bits per heavy atom. The van der Waals surface area contributed by atoms with Crippen molar-refractivity contribution in [1.82, 2.24) is 4.57 Å². The number of ether oxygens (including phenoxy) is 13. The number of rotatable bonds is 31. The van der Waals surface area contributed by atoms with Gasteiger partial charge in [-0.2, -0.15) is 0 Å². The lowest BCUT2D eigenvalue weighted by molar-refractivity contribution is -0.395. The van der Waals surface area contributed by atoms with E-state index >= 15 is 9.59 Å². The SMILES string of the molecule is COC(=O)[C@@]1(O[C@H]2[C@@H](O)[C@@H](COCc3ccccc3)O[C@@H](O[C@H]3[C@H](OCc4ccccc4)[C@@H](OCc4ccccc4)[C@H](OCC[Si](C)(C)C)O[C@@H]3COCc3ccccc3)[C@@H]2OCc2ccccc2)C[C@@H]2OC(=O)N3[C@H]2[C@@H](O1)[C@@H]([C@H]1CO[Si](C(C)C)(C(C)C)O[Si](C(C)C)(C(C)C)O1)O[Si]3(C(C)(C)C)C(C)(C)C. The van der Waals surface area contributed by atoms with Crippen LogP contribution in [0.2, 0.25) is 57.9 Å². The minimum absolute atomic E-state index is 0.0200. The summed E-state index contributed by atoms with van der Waals surface area (Å²) in [7, 11) is -10.7. The zero-order valence-corrected chi connectivity index (χ0v) is 70.8. The molecule has 1 N–H and O–H groups in total. The Hall–Kier alpha value is -4.93. The third kappa shape index (κ3) is 18.5. The molecule has 11 rings (SSSR count). The van der Waals surface area contributed by atoms with Gasteiger partial charge in [0.15, 0.2) is 12.6 Å². The van der Waals surface area contributed by atoms with E-state index in [9.17, 15) is 5.11 Å². The van der Waals surface area contributed by atoms with Gasteiger partial charge in [0.1, 0.15) is 67.1 Å². The molecule has 5 aromatic carbocycles. The number of aliphatic hydroxyl groups is 1. The molecule has 0 aliphatic carbocycles. The highest BCUT2D eigenvalue weighted by molar-refractivity contribution is 6.84. The number of benzene rings is 5. The summed E-state index contributed by atoms with van der Waals surface area (Å²) < 4.78 is 125. The Morgan fingerprint density at radius 2 is 1.00 bits per heavy atom. The van der Waals surface area contributed by atoms with Crippen LogP contribution in [-0.2, 0) is 117 Å². The molecule has 6 aliphatic heterocycles. The van der Waals surface area contributed by atoms with Gasteiger partial charge in [0.2, 0.25) is 0 Å². The van der Waals surface area contributed by atoms with Gasteiger partial charge in [0.05, 0.1) is 78.5 Å². The molecule has 6 aliphatic rings. The van der Waals surface area contributed by atoms with Gasteiger partial charge in [-0.05, 0) is 56.0 Å². The normalized spacial score (nSPS) is 30.0. The van der Waals surface area contributed by atoms with Gasteiger partial charge in [-0.3, -0.25) is 0 Å². The zero-order chi connectivity index (χ0) is 77.6. The molecule has 0 radical (unpaired) electrons. The summed E-state index contributed by atoms with van der Waals surface area (Å²) in [4.78, 5) is 31.5. The molecule has 0 unspecified atom stereocenters. The first kappa shape index (κ1) is 84.0.